The number of thiophene rings is 1. The molecule has 1 aromatic carbocycles. The van der Waals surface area contributed by atoms with Crippen molar-refractivity contribution in [2.24, 2.45) is 0 Å². The molecule has 0 spiro atoms. The number of carbonyl (C=O) groups excluding carboxylic acids is 1. The predicted octanol–water partition coefficient (Wildman–Crippen LogP) is 3.46. The van der Waals surface area contributed by atoms with E-state index in [1.54, 1.807) is 34.4 Å². The molecule has 1 aliphatic heterocycles. The normalized spacial score (nSPS) is 14.2. The topological polar surface area (TPSA) is 61.8 Å². The lowest BCUT2D eigenvalue weighted by Crippen LogP contribution is -2.41. The third kappa shape index (κ3) is 3.71. The average Bonchev–Trinajstić information content (AvgIpc) is 3.15. The molecule has 2 amide bonds. The number of urea groups is 1. The van der Waals surface area contributed by atoms with Crippen molar-refractivity contribution in [1.82, 2.24) is 10.2 Å². The lowest BCUT2D eigenvalue weighted by molar-refractivity contribution is 0.202. The lowest BCUT2D eigenvalue weighted by Gasteiger charge is -2.26. The van der Waals surface area contributed by atoms with Gasteiger partial charge in [0.2, 0.25) is 0 Å². The number of rotatable bonds is 4. The number of aromatic hydroxyl groups is 1. The van der Waals surface area contributed by atoms with E-state index in [0.717, 1.165) is 12.0 Å². The van der Waals surface area contributed by atoms with Crippen molar-refractivity contribution >= 4 is 22.9 Å². The van der Waals surface area contributed by atoms with Crippen LogP contribution < -0.4 is 10.1 Å². The standard InChI is InChI=1S/C18H20N2O3S/c1-23-16-11-13(4-5-15(16)21)12-19-18(22)20-8-6-14(7-9-20)17-3-2-10-24-17/h2-6,10-11,21H,7-9,12H2,1H3,(H,19,22). The van der Waals surface area contributed by atoms with Crippen molar-refractivity contribution in [3.8, 4) is 11.5 Å². The number of carbonyl (C=O) groups is 1. The summed E-state index contributed by atoms with van der Waals surface area (Å²) in [5.74, 6) is 0.498. The summed E-state index contributed by atoms with van der Waals surface area (Å²) in [4.78, 5) is 15.4. The van der Waals surface area contributed by atoms with E-state index in [4.69, 9.17) is 4.74 Å². The van der Waals surface area contributed by atoms with Gasteiger partial charge in [0.1, 0.15) is 0 Å². The number of amides is 2. The SMILES string of the molecule is COc1cc(CNC(=O)N2CC=C(c3cccs3)CC2)ccc1O. The first-order chi connectivity index (χ1) is 11.7. The minimum Gasteiger partial charge on any atom is -0.504 e. The van der Waals surface area contributed by atoms with Crippen LogP contribution in [0.25, 0.3) is 5.57 Å². The van der Waals surface area contributed by atoms with E-state index in [1.807, 2.05) is 6.07 Å². The summed E-state index contributed by atoms with van der Waals surface area (Å²) in [5, 5.41) is 14.6. The van der Waals surface area contributed by atoms with Gasteiger partial charge >= 0.3 is 6.03 Å². The number of nitrogens with zero attached hydrogens (tertiary/aromatic N) is 1. The molecule has 3 rings (SSSR count). The van der Waals surface area contributed by atoms with Crippen LogP contribution >= 0.6 is 11.3 Å². The molecule has 1 aliphatic rings. The van der Waals surface area contributed by atoms with Gasteiger partial charge in [-0.15, -0.1) is 11.3 Å². The van der Waals surface area contributed by atoms with Crippen LogP contribution in [0.2, 0.25) is 0 Å². The number of phenolic OH excluding ortho intramolecular Hbond substituents is 1. The van der Waals surface area contributed by atoms with Crippen molar-refractivity contribution in [3.05, 3.63) is 52.2 Å². The lowest BCUT2D eigenvalue weighted by atomic mass is 10.1. The second-order valence-electron chi connectivity index (χ2n) is 5.57. The van der Waals surface area contributed by atoms with E-state index in [0.29, 0.717) is 25.4 Å². The summed E-state index contributed by atoms with van der Waals surface area (Å²) in [6, 6.07) is 9.14. The van der Waals surface area contributed by atoms with Gasteiger partial charge in [0.25, 0.3) is 0 Å². The van der Waals surface area contributed by atoms with Crippen LogP contribution in [0, 0.1) is 0 Å². The summed E-state index contributed by atoms with van der Waals surface area (Å²) >= 11 is 1.73. The fourth-order valence-electron chi connectivity index (χ4n) is 2.66. The van der Waals surface area contributed by atoms with Crippen LogP contribution in [0.4, 0.5) is 4.79 Å². The molecule has 0 saturated heterocycles. The summed E-state index contributed by atoms with van der Waals surface area (Å²) in [5.41, 5.74) is 2.20. The molecule has 0 bridgehead atoms. The zero-order valence-corrected chi connectivity index (χ0v) is 14.3. The molecule has 0 fully saturated rings. The van der Waals surface area contributed by atoms with E-state index in [1.165, 1.54) is 17.6 Å². The van der Waals surface area contributed by atoms with Crippen LogP contribution in [-0.2, 0) is 6.54 Å². The summed E-state index contributed by atoms with van der Waals surface area (Å²) < 4.78 is 5.08. The largest absolute Gasteiger partial charge is 0.504 e. The Morgan fingerprint density at radius 3 is 2.96 bits per heavy atom. The molecule has 0 atom stereocenters. The minimum absolute atomic E-state index is 0.0801. The highest BCUT2D eigenvalue weighted by Crippen LogP contribution is 2.27. The highest BCUT2D eigenvalue weighted by Gasteiger charge is 2.18. The Balaban J connectivity index is 1.55. The van der Waals surface area contributed by atoms with Gasteiger partial charge in [-0.25, -0.2) is 4.79 Å². The number of methoxy groups -OCH3 is 1. The molecule has 5 nitrogen and oxygen atoms in total. The first-order valence-corrected chi connectivity index (χ1v) is 8.67. The molecule has 1 aromatic heterocycles. The average molecular weight is 344 g/mol. The van der Waals surface area contributed by atoms with Gasteiger partial charge in [0.05, 0.1) is 7.11 Å². The molecule has 0 aliphatic carbocycles. The zero-order chi connectivity index (χ0) is 16.9. The maximum absolute atomic E-state index is 12.3. The summed E-state index contributed by atoms with van der Waals surface area (Å²) in [7, 11) is 1.50. The van der Waals surface area contributed by atoms with Crippen LogP contribution in [0.15, 0.2) is 41.8 Å². The van der Waals surface area contributed by atoms with E-state index >= 15 is 0 Å². The van der Waals surface area contributed by atoms with Gasteiger partial charge in [-0.05, 0) is 41.1 Å². The quantitative estimate of drug-likeness (QED) is 0.893. The third-order valence-electron chi connectivity index (χ3n) is 4.02. The Bertz CT molecular complexity index is 741. The first-order valence-electron chi connectivity index (χ1n) is 7.79. The van der Waals surface area contributed by atoms with Crippen LogP contribution in [0.1, 0.15) is 16.9 Å². The number of phenols is 1. The van der Waals surface area contributed by atoms with E-state index in [2.05, 4.69) is 22.8 Å². The molecular formula is C18H20N2O3S. The minimum atomic E-state index is -0.0801. The molecule has 0 unspecified atom stereocenters. The Kier molecular flexibility index (Phi) is 5.05. The molecule has 0 radical (unpaired) electrons. The number of ether oxygens (including phenoxy) is 1. The molecule has 2 aromatic rings. The van der Waals surface area contributed by atoms with Gasteiger partial charge in [0.15, 0.2) is 11.5 Å². The van der Waals surface area contributed by atoms with E-state index in [9.17, 15) is 9.90 Å². The van der Waals surface area contributed by atoms with Crippen LogP contribution in [0.3, 0.4) is 0 Å². The van der Waals surface area contributed by atoms with Gasteiger partial charge in [0, 0.05) is 24.5 Å². The smallest absolute Gasteiger partial charge is 0.317 e. The van der Waals surface area contributed by atoms with E-state index in [-0.39, 0.29) is 11.8 Å². The molecular weight excluding hydrogens is 324 g/mol. The second-order valence-corrected chi connectivity index (χ2v) is 6.52. The molecule has 2 N–H and O–H groups in total. The van der Waals surface area contributed by atoms with Gasteiger partial charge < -0.3 is 20.1 Å². The van der Waals surface area contributed by atoms with Crippen LogP contribution in [-0.4, -0.2) is 36.2 Å². The van der Waals surface area contributed by atoms with Crippen molar-refractivity contribution < 1.29 is 14.6 Å². The fraction of sp³-hybridized carbons (Fsp3) is 0.278. The maximum Gasteiger partial charge on any atom is 0.317 e. The van der Waals surface area contributed by atoms with Crippen molar-refractivity contribution in [2.45, 2.75) is 13.0 Å². The maximum atomic E-state index is 12.3. The van der Waals surface area contributed by atoms with Crippen molar-refractivity contribution in [1.29, 1.82) is 0 Å². The van der Waals surface area contributed by atoms with Gasteiger partial charge in [-0.1, -0.05) is 18.2 Å². The Labute approximate surface area is 145 Å². The predicted molar refractivity (Wildman–Crippen MR) is 95.4 cm³/mol. The third-order valence-corrected chi connectivity index (χ3v) is 4.97. The monoisotopic (exact) mass is 344 g/mol. The molecule has 2 heterocycles. The Hall–Kier alpha value is -2.47. The highest BCUT2D eigenvalue weighted by molar-refractivity contribution is 7.11. The number of hydrogen-bond acceptors (Lipinski definition) is 4. The zero-order valence-electron chi connectivity index (χ0n) is 13.5. The van der Waals surface area contributed by atoms with Crippen molar-refractivity contribution in [2.75, 3.05) is 20.2 Å². The van der Waals surface area contributed by atoms with Gasteiger partial charge in [-0.3, -0.25) is 0 Å². The van der Waals surface area contributed by atoms with E-state index < -0.39 is 0 Å². The number of nitrogens with one attached hydrogen (secondary N) is 1. The molecule has 126 valence electrons. The number of benzene rings is 1. The highest BCUT2D eigenvalue weighted by atomic mass is 32.1. The molecule has 6 heteroatoms. The number of hydrogen-bond donors (Lipinski definition) is 2. The summed E-state index contributed by atoms with van der Waals surface area (Å²) in [6.07, 6.45) is 3.00. The first kappa shape index (κ1) is 16.4. The molecule has 0 saturated carbocycles. The Morgan fingerprint density at radius 1 is 1.42 bits per heavy atom. The van der Waals surface area contributed by atoms with Crippen molar-refractivity contribution in [3.63, 3.8) is 0 Å². The van der Waals surface area contributed by atoms with Gasteiger partial charge in [-0.2, -0.15) is 0 Å². The molecule has 24 heavy (non-hydrogen) atoms. The van der Waals surface area contributed by atoms with Crippen LogP contribution in [0.5, 0.6) is 11.5 Å². The second kappa shape index (κ2) is 7.40. The fourth-order valence-corrected chi connectivity index (χ4v) is 3.46. The summed E-state index contributed by atoms with van der Waals surface area (Å²) in [6.45, 7) is 1.74. The Morgan fingerprint density at radius 2 is 2.29 bits per heavy atom.